The van der Waals surface area contributed by atoms with E-state index < -0.39 is 0 Å². The molecule has 0 spiro atoms. The van der Waals surface area contributed by atoms with Gasteiger partial charge in [-0.15, -0.1) is 11.3 Å². The van der Waals surface area contributed by atoms with E-state index in [1.54, 1.807) is 46.4 Å². The molecule has 1 fully saturated rings. The van der Waals surface area contributed by atoms with Crippen molar-refractivity contribution in [2.24, 2.45) is 7.05 Å². The number of thiophene rings is 1. The molecule has 1 saturated heterocycles. The van der Waals surface area contributed by atoms with Gasteiger partial charge in [0.15, 0.2) is 5.65 Å². The molecule has 1 aromatic carbocycles. The second kappa shape index (κ2) is 9.36. The van der Waals surface area contributed by atoms with E-state index in [-0.39, 0.29) is 17.9 Å². The summed E-state index contributed by atoms with van der Waals surface area (Å²) in [5.41, 5.74) is 3.38. The normalized spacial score (nSPS) is 15.5. The van der Waals surface area contributed by atoms with Gasteiger partial charge in [-0.25, -0.2) is 4.98 Å². The maximum absolute atomic E-state index is 13.5. The second-order valence-electron chi connectivity index (χ2n) is 8.28. The van der Waals surface area contributed by atoms with Crippen LogP contribution in [0.25, 0.3) is 21.6 Å². The number of benzene rings is 1. The quantitative estimate of drug-likeness (QED) is 0.436. The first kappa shape index (κ1) is 22.2. The molecule has 0 saturated carbocycles. The number of aromatic nitrogens is 3. The number of rotatable bonds is 6. The Morgan fingerprint density at radius 3 is 2.79 bits per heavy atom. The number of ether oxygens (including phenoxy) is 1. The Morgan fingerprint density at radius 1 is 1.18 bits per heavy atom. The zero-order valence-electron chi connectivity index (χ0n) is 19.0. The fraction of sp³-hybridized carbons (Fsp3) is 0.280. The van der Waals surface area contributed by atoms with Crippen LogP contribution >= 0.6 is 11.3 Å². The number of carbonyl (C=O) groups excluding carboxylic acids is 2. The number of pyridine rings is 1. The Hall–Kier alpha value is -3.56. The summed E-state index contributed by atoms with van der Waals surface area (Å²) >= 11 is 1.56. The minimum absolute atomic E-state index is 0.0417. The van der Waals surface area contributed by atoms with Crippen LogP contribution in [-0.2, 0) is 11.8 Å². The van der Waals surface area contributed by atoms with Gasteiger partial charge in [0.05, 0.1) is 44.6 Å². The van der Waals surface area contributed by atoms with E-state index in [1.165, 1.54) is 0 Å². The molecule has 2 N–H and O–H groups in total. The highest BCUT2D eigenvalue weighted by Crippen LogP contribution is 2.30. The van der Waals surface area contributed by atoms with Crippen LogP contribution in [0.4, 0.5) is 5.69 Å². The standard InChI is InChI=1S/C25H25N5O3S/c1-15-22-18(13-20(21-10-6-12-34-21)27-23(22)30(2)29-15)25(32)28-19-9-4-3-8-17(19)24(31)26-14-16-7-5-11-33-16/h3-4,6,8-10,12-13,16H,5,7,11,14H2,1-2H3,(H,26,31)(H,28,32)/t16-/m1/s1. The predicted molar refractivity (Wildman–Crippen MR) is 132 cm³/mol. The van der Waals surface area contributed by atoms with Crippen LogP contribution in [0.15, 0.2) is 47.8 Å². The minimum atomic E-state index is -0.319. The number of anilines is 1. The summed E-state index contributed by atoms with van der Waals surface area (Å²) in [6.07, 6.45) is 1.99. The third-order valence-electron chi connectivity index (χ3n) is 5.92. The minimum Gasteiger partial charge on any atom is -0.376 e. The van der Waals surface area contributed by atoms with Crippen molar-refractivity contribution >= 4 is 39.9 Å². The second-order valence-corrected chi connectivity index (χ2v) is 9.23. The zero-order valence-corrected chi connectivity index (χ0v) is 19.8. The summed E-state index contributed by atoms with van der Waals surface area (Å²) in [7, 11) is 1.82. The lowest BCUT2D eigenvalue weighted by molar-refractivity contribution is 0.0858. The average Bonchev–Trinajstić information content (AvgIpc) is 3.60. The molecule has 9 heteroatoms. The van der Waals surface area contributed by atoms with Crippen molar-refractivity contribution in [2.75, 3.05) is 18.5 Å². The molecule has 4 aromatic rings. The van der Waals surface area contributed by atoms with Crippen LogP contribution in [0.5, 0.6) is 0 Å². The van der Waals surface area contributed by atoms with Crippen molar-refractivity contribution < 1.29 is 14.3 Å². The Bertz CT molecular complexity index is 1360. The number of amides is 2. The van der Waals surface area contributed by atoms with Gasteiger partial charge >= 0.3 is 0 Å². The van der Waals surface area contributed by atoms with E-state index in [0.717, 1.165) is 30.0 Å². The summed E-state index contributed by atoms with van der Waals surface area (Å²) in [6, 6.07) is 12.7. The van der Waals surface area contributed by atoms with Crippen LogP contribution in [0.1, 0.15) is 39.3 Å². The summed E-state index contributed by atoms with van der Waals surface area (Å²) in [5, 5.41) is 13.0. The summed E-state index contributed by atoms with van der Waals surface area (Å²) in [4.78, 5) is 32.1. The van der Waals surface area contributed by atoms with Gasteiger partial charge in [-0.3, -0.25) is 14.3 Å². The van der Waals surface area contributed by atoms with Crippen LogP contribution < -0.4 is 10.6 Å². The molecule has 1 atom stereocenters. The van der Waals surface area contributed by atoms with Gasteiger partial charge in [0.1, 0.15) is 0 Å². The highest BCUT2D eigenvalue weighted by Gasteiger charge is 2.22. The Kier molecular flexibility index (Phi) is 6.12. The Labute approximate surface area is 201 Å². The van der Waals surface area contributed by atoms with Gasteiger partial charge in [-0.1, -0.05) is 18.2 Å². The van der Waals surface area contributed by atoms with E-state index in [9.17, 15) is 9.59 Å². The number of hydrogen-bond acceptors (Lipinski definition) is 6. The lowest BCUT2D eigenvalue weighted by Crippen LogP contribution is -2.32. The molecule has 1 aliphatic heterocycles. The highest BCUT2D eigenvalue weighted by molar-refractivity contribution is 7.13. The zero-order chi connectivity index (χ0) is 23.7. The van der Waals surface area contributed by atoms with Crippen molar-refractivity contribution in [1.29, 1.82) is 0 Å². The largest absolute Gasteiger partial charge is 0.376 e. The topological polar surface area (TPSA) is 98.1 Å². The van der Waals surface area contributed by atoms with E-state index in [4.69, 9.17) is 9.72 Å². The third-order valence-corrected chi connectivity index (χ3v) is 6.81. The molecule has 0 aliphatic carbocycles. The predicted octanol–water partition coefficient (Wildman–Crippen LogP) is 4.17. The first-order chi connectivity index (χ1) is 16.5. The molecule has 174 valence electrons. The van der Waals surface area contributed by atoms with Crippen LogP contribution in [0.3, 0.4) is 0 Å². The van der Waals surface area contributed by atoms with E-state index >= 15 is 0 Å². The monoisotopic (exact) mass is 475 g/mol. The van der Waals surface area contributed by atoms with E-state index in [1.807, 2.05) is 31.5 Å². The molecule has 1 aliphatic rings. The molecule has 34 heavy (non-hydrogen) atoms. The number of nitrogens with one attached hydrogen (secondary N) is 2. The van der Waals surface area contributed by atoms with Crippen LogP contribution in [-0.4, -0.2) is 45.8 Å². The SMILES string of the molecule is Cc1nn(C)c2nc(-c3cccs3)cc(C(=O)Nc3ccccc3C(=O)NC[C@H]3CCCO3)c12. The lowest BCUT2D eigenvalue weighted by atomic mass is 10.1. The number of hydrogen-bond donors (Lipinski definition) is 2. The van der Waals surface area contributed by atoms with E-state index in [2.05, 4.69) is 15.7 Å². The molecule has 5 rings (SSSR count). The fourth-order valence-electron chi connectivity index (χ4n) is 4.26. The van der Waals surface area contributed by atoms with E-state index in [0.29, 0.717) is 40.1 Å². The number of para-hydroxylation sites is 1. The van der Waals surface area contributed by atoms with Crippen molar-refractivity contribution in [3.8, 4) is 10.6 Å². The molecule has 2 amide bonds. The molecule has 3 aromatic heterocycles. The summed E-state index contributed by atoms with van der Waals surface area (Å²) < 4.78 is 7.28. The van der Waals surface area contributed by atoms with Gasteiger partial charge in [0.2, 0.25) is 0 Å². The van der Waals surface area contributed by atoms with Crippen LogP contribution in [0, 0.1) is 6.92 Å². The van der Waals surface area contributed by atoms with Gasteiger partial charge in [0.25, 0.3) is 11.8 Å². The summed E-state index contributed by atoms with van der Waals surface area (Å²) in [5.74, 6) is -0.566. The van der Waals surface area contributed by atoms with Gasteiger partial charge in [0, 0.05) is 20.2 Å². The highest BCUT2D eigenvalue weighted by atomic mass is 32.1. The fourth-order valence-corrected chi connectivity index (χ4v) is 4.95. The molecular weight excluding hydrogens is 450 g/mol. The Balaban J connectivity index is 1.46. The maximum atomic E-state index is 13.5. The first-order valence-corrected chi connectivity index (χ1v) is 12.1. The molecular formula is C25H25N5O3S. The molecule has 8 nitrogen and oxygen atoms in total. The van der Waals surface area contributed by atoms with Crippen molar-refractivity contribution in [1.82, 2.24) is 20.1 Å². The molecule has 4 heterocycles. The van der Waals surface area contributed by atoms with Gasteiger partial charge in [-0.2, -0.15) is 5.10 Å². The molecule has 0 radical (unpaired) electrons. The summed E-state index contributed by atoms with van der Waals surface area (Å²) in [6.45, 7) is 3.04. The van der Waals surface area contributed by atoms with Crippen molar-refractivity contribution in [3.05, 3.63) is 64.7 Å². The molecule has 0 bridgehead atoms. The number of aryl methyl sites for hydroxylation is 2. The molecule has 0 unspecified atom stereocenters. The number of carbonyl (C=O) groups is 2. The average molecular weight is 476 g/mol. The smallest absolute Gasteiger partial charge is 0.256 e. The number of fused-ring (bicyclic) bond motifs is 1. The van der Waals surface area contributed by atoms with Crippen LogP contribution in [0.2, 0.25) is 0 Å². The third kappa shape index (κ3) is 4.32. The maximum Gasteiger partial charge on any atom is 0.256 e. The van der Waals surface area contributed by atoms with Gasteiger partial charge < -0.3 is 15.4 Å². The first-order valence-electron chi connectivity index (χ1n) is 11.2. The van der Waals surface area contributed by atoms with Gasteiger partial charge in [-0.05, 0) is 49.4 Å². The lowest BCUT2D eigenvalue weighted by Gasteiger charge is -2.14. The van der Waals surface area contributed by atoms with Crippen molar-refractivity contribution in [3.63, 3.8) is 0 Å². The van der Waals surface area contributed by atoms with Crippen molar-refractivity contribution in [2.45, 2.75) is 25.9 Å². The Morgan fingerprint density at radius 2 is 2.03 bits per heavy atom. The number of nitrogens with zero attached hydrogens (tertiary/aromatic N) is 3.